The van der Waals surface area contributed by atoms with Crippen LogP contribution in [0.3, 0.4) is 0 Å². The molecule has 7 nitrogen and oxygen atoms in total. The summed E-state index contributed by atoms with van der Waals surface area (Å²) in [5.74, 6) is -0.251. The number of nitrogens with zero attached hydrogens (tertiary/aromatic N) is 5. The third-order valence-electron chi connectivity index (χ3n) is 3.52. The Balaban J connectivity index is 1.49. The van der Waals surface area contributed by atoms with Crippen LogP contribution in [0.15, 0.2) is 23.8 Å². The van der Waals surface area contributed by atoms with E-state index in [1.54, 1.807) is 10.9 Å². The summed E-state index contributed by atoms with van der Waals surface area (Å²) < 4.78 is 8.85. The number of aromatic nitrogens is 5. The van der Waals surface area contributed by atoms with E-state index in [0.717, 1.165) is 27.7 Å². The molecule has 0 aliphatic heterocycles. The predicted molar refractivity (Wildman–Crippen MR) is 90.4 cm³/mol. The van der Waals surface area contributed by atoms with E-state index >= 15 is 0 Å². The maximum absolute atomic E-state index is 11.9. The smallest absolute Gasteiger partial charge is 0.308 e. The van der Waals surface area contributed by atoms with Crippen molar-refractivity contribution in [2.45, 2.75) is 33.4 Å². The normalized spacial score (nSPS) is 11.0. The molecule has 0 bridgehead atoms. The van der Waals surface area contributed by atoms with Crippen LogP contribution in [0, 0.1) is 13.8 Å². The minimum Gasteiger partial charge on any atom is -0.459 e. The quantitative estimate of drug-likeness (QED) is 0.642. The van der Waals surface area contributed by atoms with Gasteiger partial charge in [-0.2, -0.15) is 10.2 Å². The van der Waals surface area contributed by atoms with E-state index < -0.39 is 0 Å². The largest absolute Gasteiger partial charge is 0.459 e. The first-order valence-electron chi connectivity index (χ1n) is 7.61. The van der Waals surface area contributed by atoms with Gasteiger partial charge in [0.15, 0.2) is 0 Å². The highest BCUT2D eigenvalue weighted by molar-refractivity contribution is 7.13. The summed E-state index contributed by atoms with van der Waals surface area (Å²) in [7, 11) is 1.86. The van der Waals surface area contributed by atoms with Gasteiger partial charge in [-0.25, -0.2) is 4.98 Å². The number of aryl methyl sites for hydroxylation is 4. The average molecular weight is 345 g/mol. The van der Waals surface area contributed by atoms with Crippen molar-refractivity contribution in [3.8, 4) is 10.6 Å². The van der Waals surface area contributed by atoms with E-state index in [0.29, 0.717) is 13.0 Å². The number of carbonyl (C=O) groups is 1. The maximum Gasteiger partial charge on any atom is 0.308 e. The molecule has 0 amide bonds. The molecule has 8 heteroatoms. The lowest BCUT2D eigenvalue weighted by atomic mass is 10.4. The van der Waals surface area contributed by atoms with Crippen molar-refractivity contribution in [2.75, 3.05) is 0 Å². The second kappa shape index (κ2) is 6.96. The summed E-state index contributed by atoms with van der Waals surface area (Å²) in [4.78, 5) is 16.4. The Hall–Kier alpha value is -2.48. The summed E-state index contributed by atoms with van der Waals surface area (Å²) >= 11 is 1.51. The van der Waals surface area contributed by atoms with Crippen molar-refractivity contribution in [3.05, 3.63) is 40.9 Å². The minimum absolute atomic E-state index is 0.187. The van der Waals surface area contributed by atoms with E-state index in [1.807, 2.05) is 43.2 Å². The molecule has 0 N–H and O–H groups in total. The zero-order valence-corrected chi connectivity index (χ0v) is 14.7. The van der Waals surface area contributed by atoms with Gasteiger partial charge in [-0.3, -0.25) is 14.2 Å². The van der Waals surface area contributed by atoms with Gasteiger partial charge in [-0.15, -0.1) is 11.3 Å². The molecule has 0 aliphatic carbocycles. The van der Waals surface area contributed by atoms with E-state index in [-0.39, 0.29) is 12.6 Å². The molecule has 3 aromatic heterocycles. The molecule has 0 unspecified atom stereocenters. The lowest BCUT2D eigenvalue weighted by molar-refractivity contribution is -0.145. The Morgan fingerprint density at radius 3 is 2.88 bits per heavy atom. The molecule has 3 rings (SSSR count). The van der Waals surface area contributed by atoms with Crippen molar-refractivity contribution in [1.29, 1.82) is 0 Å². The van der Waals surface area contributed by atoms with Crippen LogP contribution in [-0.4, -0.2) is 30.5 Å². The molecule has 24 heavy (non-hydrogen) atoms. The average Bonchev–Trinajstić information content (AvgIpc) is 3.23. The van der Waals surface area contributed by atoms with Crippen LogP contribution in [0.5, 0.6) is 0 Å². The Bertz CT molecular complexity index is 848. The van der Waals surface area contributed by atoms with Crippen molar-refractivity contribution in [1.82, 2.24) is 24.5 Å². The molecular formula is C16H19N5O2S. The molecule has 0 fully saturated rings. The van der Waals surface area contributed by atoms with Crippen LogP contribution in [0.25, 0.3) is 10.6 Å². The zero-order chi connectivity index (χ0) is 17.1. The Morgan fingerprint density at radius 1 is 1.38 bits per heavy atom. The van der Waals surface area contributed by atoms with Gasteiger partial charge in [-0.1, -0.05) is 0 Å². The Kier molecular flexibility index (Phi) is 4.75. The fraction of sp³-hybridized carbons (Fsp3) is 0.375. The van der Waals surface area contributed by atoms with E-state index in [9.17, 15) is 4.79 Å². The highest BCUT2D eigenvalue weighted by Crippen LogP contribution is 2.23. The first-order valence-corrected chi connectivity index (χ1v) is 8.49. The third-order valence-corrected chi connectivity index (χ3v) is 4.46. The predicted octanol–water partition coefficient (Wildman–Crippen LogP) is 2.49. The fourth-order valence-electron chi connectivity index (χ4n) is 2.36. The van der Waals surface area contributed by atoms with Gasteiger partial charge in [0, 0.05) is 29.9 Å². The minimum atomic E-state index is -0.251. The highest BCUT2D eigenvalue weighted by Gasteiger charge is 2.10. The summed E-state index contributed by atoms with van der Waals surface area (Å²) in [6.45, 7) is 4.62. The Labute approximate surface area is 143 Å². The second-order valence-electron chi connectivity index (χ2n) is 5.61. The van der Waals surface area contributed by atoms with Gasteiger partial charge >= 0.3 is 5.97 Å². The molecule has 0 spiro atoms. The van der Waals surface area contributed by atoms with Gasteiger partial charge in [0.25, 0.3) is 0 Å². The van der Waals surface area contributed by atoms with Gasteiger partial charge in [0.2, 0.25) is 0 Å². The van der Waals surface area contributed by atoms with Gasteiger partial charge in [-0.05, 0) is 19.9 Å². The monoisotopic (exact) mass is 345 g/mol. The molecule has 0 aromatic carbocycles. The fourth-order valence-corrected chi connectivity index (χ4v) is 3.14. The van der Waals surface area contributed by atoms with E-state index in [4.69, 9.17) is 4.74 Å². The lowest BCUT2D eigenvalue weighted by Crippen LogP contribution is -2.11. The molecule has 0 atom stereocenters. The first-order chi connectivity index (χ1) is 11.5. The number of thiazole rings is 1. The van der Waals surface area contributed by atoms with Crippen molar-refractivity contribution in [3.63, 3.8) is 0 Å². The van der Waals surface area contributed by atoms with Gasteiger partial charge in [0.1, 0.15) is 11.6 Å². The number of carbonyl (C=O) groups excluding carboxylic acids is 1. The number of rotatable bonds is 6. The SMILES string of the molecule is Cc1cc(C)n(CCC(=O)OCc2csc(-c3cnn(C)c3)n2)n1. The lowest BCUT2D eigenvalue weighted by Gasteiger charge is -2.05. The summed E-state index contributed by atoms with van der Waals surface area (Å²) in [5.41, 5.74) is 3.70. The molecule has 3 aromatic rings. The van der Waals surface area contributed by atoms with Crippen LogP contribution in [-0.2, 0) is 29.7 Å². The molecule has 0 radical (unpaired) electrons. The van der Waals surface area contributed by atoms with Crippen LogP contribution in [0.4, 0.5) is 0 Å². The molecule has 126 valence electrons. The molecular weight excluding hydrogens is 326 g/mol. The highest BCUT2D eigenvalue weighted by atomic mass is 32.1. The summed E-state index contributed by atoms with van der Waals surface area (Å²) in [6, 6.07) is 1.99. The molecule has 0 saturated heterocycles. The molecule has 0 aliphatic rings. The van der Waals surface area contributed by atoms with Crippen LogP contribution in [0.1, 0.15) is 23.5 Å². The van der Waals surface area contributed by atoms with Crippen LogP contribution in [0.2, 0.25) is 0 Å². The van der Waals surface area contributed by atoms with E-state index in [1.165, 1.54) is 11.3 Å². The molecule has 0 saturated carbocycles. The first kappa shape index (κ1) is 16.4. The van der Waals surface area contributed by atoms with Crippen LogP contribution >= 0.6 is 11.3 Å². The number of ether oxygens (including phenoxy) is 1. The topological polar surface area (TPSA) is 74.8 Å². The van der Waals surface area contributed by atoms with Crippen molar-refractivity contribution >= 4 is 17.3 Å². The molecule has 3 heterocycles. The number of esters is 1. The third kappa shape index (κ3) is 3.88. The summed E-state index contributed by atoms with van der Waals surface area (Å²) in [5, 5.41) is 11.2. The maximum atomic E-state index is 11.9. The Morgan fingerprint density at radius 2 is 2.21 bits per heavy atom. The van der Waals surface area contributed by atoms with Gasteiger partial charge in [0.05, 0.1) is 30.6 Å². The van der Waals surface area contributed by atoms with Crippen molar-refractivity contribution in [2.24, 2.45) is 7.05 Å². The zero-order valence-electron chi connectivity index (χ0n) is 13.9. The second-order valence-corrected chi connectivity index (χ2v) is 6.47. The number of hydrogen-bond acceptors (Lipinski definition) is 6. The summed E-state index contributed by atoms with van der Waals surface area (Å²) in [6.07, 6.45) is 3.97. The van der Waals surface area contributed by atoms with Crippen LogP contribution < -0.4 is 0 Å². The van der Waals surface area contributed by atoms with Crippen molar-refractivity contribution < 1.29 is 9.53 Å². The number of hydrogen-bond donors (Lipinski definition) is 0. The standard InChI is InChI=1S/C16H19N5O2S/c1-11-6-12(2)21(19-11)5-4-15(22)23-9-14-10-24-16(18-14)13-7-17-20(3)8-13/h6-8,10H,4-5,9H2,1-3H3. The van der Waals surface area contributed by atoms with E-state index in [2.05, 4.69) is 15.2 Å². The van der Waals surface area contributed by atoms with Gasteiger partial charge < -0.3 is 4.74 Å².